The molecule has 0 aromatic carbocycles. The first-order valence-electron chi connectivity index (χ1n) is 7.08. The average Bonchev–Trinajstić information content (AvgIpc) is 2.35. The van der Waals surface area contributed by atoms with E-state index in [-0.39, 0.29) is 17.4 Å². The van der Waals surface area contributed by atoms with Crippen LogP contribution >= 0.6 is 0 Å². The molecule has 2 N–H and O–H groups in total. The highest BCUT2D eigenvalue weighted by molar-refractivity contribution is 4.88. The zero-order valence-corrected chi connectivity index (χ0v) is 12.1. The third-order valence-electron chi connectivity index (χ3n) is 4.71. The smallest absolute Gasteiger partial charge is 0.368 e. The number of hydrogen-bond acceptors (Lipinski definition) is 2. The van der Waals surface area contributed by atoms with Gasteiger partial charge >= 0.3 is 6.18 Å². The van der Waals surface area contributed by atoms with Crippen LogP contribution < -0.4 is 5.73 Å². The topological polar surface area (TPSA) is 35.2 Å². The molecule has 1 saturated carbocycles. The van der Waals surface area contributed by atoms with Gasteiger partial charge in [-0.3, -0.25) is 0 Å². The lowest BCUT2D eigenvalue weighted by atomic mass is 9.66. The molecule has 5 heteroatoms. The van der Waals surface area contributed by atoms with Crippen molar-refractivity contribution >= 4 is 0 Å². The lowest BCUT2D eigenvalue weighted by Crippen LogP contribution is -2.41. The van der Waals surface area contributed by atoms with E-state index >= 15 is 0 Å². The van der Waals surface area contributed by atoms with Crippen LogP contribution in [0.1, 0.15) is 46.5 Å². The second-order valence-electron chi connectivity index (χ2n) is 6.31. The van der Waals surface area contributed by atoms with Gasteiger partial charge in [-0.2, -0.15) is 13.2 Å². The quantitative estimate of drug-likeness (QED) is 0.833. The maximum atomic E-state index is 12.3. The molecule has 1 rings (SSSR count). The molecule has 1 aliphatic rings. The van der Waals surface area contributed by atoms with E-state index in [4.69, 9.17) is 10.5 Å². The fourth-order valence-electron chi connectivity index (χ4n) is 2.87. The van der Waals surface area contributed by atoms with Crippen LogP contribution in [0.4, 0.5) is 13.2 Å². The molecule has 0 amide bonds. The molecule has 114 valence electrons. The minimum Gasteiger partial charge on any atom is -0.368 e. The van der Waals surface area contributed by atoms with Gasteiger partial charge in [0.1, 0.15) is 6.61 Å². The third kappa shape index (κ3) is 4.95. The monoisotopic (exact) mass is 281 g/mol. The van der Waals surface area contributed by atoms with E-state index in [1.807, 2.05) is 0 Å². The van der Waals surface area contributed by atoms with Gasteiger partial charge in [0.25, 0.3) is 0 Å². The molecule has 0 bridgehead atoms. The zero-order chi connectivity index (χ0) is 14.7. The minimum atomic E-state index is -4.26. The van der Waals surface area contributed by atoms with Crippen LogP contribution in [0.25, 0.3) is 0 Å². The second-order valence-corrected chi connectivity index (χ2v) is 6.31. The van der Waals surface area contributed by atoms with Crippen LogP contribution in [0, 0.1) is 17.3 Å². The van der Waals surface area contributed by atoms with E-state index in [0.717, 1.165) is 19.3 Å². The van der Waals surface area contributed by atoms with Crippen LogP contribution in [0.5, 0.6) is 0 Å². The summed E-state index contributed by atoms with van der Waals surface area (Å²) in [6.07, 6.45) is -0.986. The van der Waals surface area contributed by atoms with E-state index in [1.165, 1.54) is 0 Å². The van der Waals surface area contributed by atoms with Crippen molar-refractivity contribution in [1.29, 1.82) is 0 Å². The first-order valence-corrected chi connectivity index (χ1v) is 7.08. The highest BCUT2D eigenvalue weighted by Gasteiger charge is 2.39. The van der Waals surface area contributed by atoms with Gasteiger partial charge in [0, 0.05) is 0 Å². The second kappa shape index (κ2) is 6.44. The Balaban J connectivity index is 2.63. The van der Waals surface area contributed by atoms with E-state index in [0.29, 0.717) is 18.9 Å². The third-order valence-corrected chi connectivity index (χ3v) is 4.71. The van der Waals surface area contributed by atoms with Gasteiger partial charge in [-0.25, -0.2) is 0 Å². The van der Waals surface area contributed by atoms with Crippen LogP contribution in [0.2, 0.25) is 0 Å². The van der Waals surface area contributed by atoms with E-state index < -0.39 is 12.8 Å². The lowest BCUT2D eigenvalue weighted by Gasteiger charge is -2.42. The summed E-state index contributed by atoms with van der Waals surface area (Å²) in [5.74, 6) is 0.477. The summed E-state index contributed by atoms with van der Waals surface area (Å²) in [7, 11) is 0. The zero-order valence-electron chi connectivity index (χ0n) is 12.1. The Kier molecular flexibility index (Phi) is 5.68. The maximum Gasteiger partial charge on any atom is 0.411 e. The summed E-state index contributed by atoms with van der Waals surface area (Å²) in [4.78, 5) is 0. The van der Waals surface area contributed by atoms with Crippen LogP contribution in [0.15, 0.2) is 0 Å². The van der Waals surface area contributed by atoms with Gasteiger partial charge in [0.15, 0.2) is 0 Å². The summed E-state index contributed by atoms with van der Waals surface area (Å²) in [6, 6.07) is 0. The molecule has 0 heterocycles. The van der Waals surface area contributed by atoms with Gasteiger partial charge in [0.05, 0.1) is 6.10 Å². The Bertz CT molecular complexity index is 278. The fourth-order valence-corrected chi connectivity index (χ4v) is 2.87. The van der Waals surface area contributed by atoms with E-state index in [1.54, 1.807) is 0 Å². The minimum absolute atomic E-state index is 0.0613. The van der Waals surface area contributed by atoms with Crippen molar-refractivity contribution in [2.45, 2.75) is 58.7 Å². The average molecular weight is 281 g/mol. The van der Waals surface area contributed by atoms with Crippen LogP contribution in [0.3, 0.4) is 0 Å². The molecular formula is C14H26F3NO. The summed E-state index contributed by atoms with van der Waals surface area (Å²) >= 11 is 0. The van der Waals surface area contributed by atoms with Crippen molar-refractivity contribution in [3.63, 3.8) is 0 Å². The number of nitrogens with two attached hydrogens (primary N) is 1. The molecule has 0 aromatic rings. The Morgan fingerprint density at radius 2 is 1.84 bits per heavy atom. The predicted molar refractivity (Wildman–Crippen MR) is 69.8 cm³/mol. The molecule has 0 aliphatic heterocycles. The van der Waals surface area contributed by atoms with Gasteiger partial charge in [-0.1, -0.05) is 27.2 Å². The van der Waals surface area contributed by atoms with Crippen LogP contribution in [-0.4, -0.2) is 25.4 Å². The Hall–Kier alpha value is -0.290. The number of ether oxygens (including phenoxy) is 1. The van der Waals surface area contributed by atoms with Crippen molar-refractivity contribution in [3.8, 4) is 0 Å². The van der Waals surface area contributed by atoms with Crippen molar-refractivity contribution < 1.29 is 17.9 Å². The van der Waals surface area contributed by atoms with Crippen LogP contribution in [-0.2, 0) is 4.74 Å². The molecule has 3 unspecified atom stereocenters. The highest BCUT2D eigenvalue weighted by Crippen LogP contribution is 2.43. The Morgan fingerprint density at radius 3 is 2.32 bits per heavy atom. The lowest BCUT2D eigenvalue weighted by molar-refractivity contribution is -0.196. The number of rotatable bonds is 5. The number of hydrogen-bond donors (Lipinski definition) is 1. The van der Waals surface area contributed by atoms with Gasteiger partial charge in [0.2, 0.25) is 0 Å². The molecule has 1 aliphatic carbocycles. The van der Waals surface area contributed by atoms with Gasteiger partial charge in [-0.05, 0) is 43.1 Å². The molecule has 2 nitrogen and oxygen atoms in total. The molecule has 0 saturated heterocycles. The first-order chi connectivity index (χ1) is 8.69. The Morgan fingerprint density at radius 1 is 1.21 bits per heavy atom. The molecule has 3 atom stereocenters. The molecule has 0 radical (unpaired) electrons. The van der Waals surface area contributed by atoms with Crippen molar-refractivity contribution in [1.82, 2.24) is 0 Å². The highest BCUT2D eigenvalue weighted by atomic mass is 19.4. The number of halogens is 3. The van der Waals surface area contributed by atoms with E-state index in [9.17, 15) is 13.2 Å². The van der Waals surface area contributed by atoms with Crippen molar-refractivity contribution in [2.24, 2.45) is 23.0 Å². The summed E-state index contributed by atoms with van der Waals surface area (Å²) < 4.78 is 42.0. The fraction of sp³-hybridized carbons (Fsp3) is 1.00. The van der Waals surface area contributed by atoms with Gasteiger partial charge < -0.3 is 10.5 Å². The summed E-state index contributed by atoms with van der Waals surface area (Å²) in [5.41, 5.74) is 5.81. The van der Waals surface area contributed by atoms with Gasteiger partial charge in [-0.15, -0.1) is 0 Å². The number of alkyl halides is 3. The SMILES string of the molecule is CCC(C)(C)C1CCC(CN)C(OCC(F)(F)F)C1. The Labute approximate surface area is 113 Å². The molecular weight excluding hydrogens is 255 g/mol. The molecule has 0 aromatic heterocycles. The van der Waals surface area contributed by atoms with Crippen molar-refractivity contribution in [2.75, 3.05) is 13.2 Å². The largest absolute Gasteiger partial charge is 0.411 e. The maximum absolute atomic E-state index is 12.3. The summed E-state index contributed by atoms with van der Waals surface area (Å²) in [6.45, 7) is 5.73. The molecule has 0 spiro atoms. The van der Waals surface area contributed by atoms with E-state index in [2.05, 4.69) is 20.8 Å². The normalized spacial score (nSPS) is 29.5. The molecule has 1 fully saturated rings. The summed E-state index contributed by atoms with van der Waals surface area (Å²) in [5, 5.41) is 0. The van der Waals surface area contributed by atoms with Crippen molar-refractivity contribution in [3.05, 3.63) is 0 Å². The molecule has 19 heavy (non-hydrogen) atoms. The standard InChI is InChI=1S/C14H26F3NO/c1-4-13(2,3)11-6-5-10(8-18)12(7-11)19-9-14(15,16)17/h10-12H,4-9,18H2,1-3H3. The predicted octanol–water partition coefficient (Wildman–Crippen LogP) is 3.75. The first kappa shape index (κ1) is 16.8.